The number of benzene rings is 1. The number of aryl methyl sites for hydroxylation is 2. The van der Waals surface area contributed by atoms with Gasteiger partial charge in [-0.1, -0.05) is 6.07 Å². The normalized spacial score (nSPS) is 10.6. The van der Waals surface area contributed by atoms with E-state index in [2.05, 4.69) is 52.5 Å². The number of anilines is 1. The molecule has 0 saturated carbocycles. The van der Waals surface area contributed by atoms with Crippen LogP contribution in [0.5, 0.6) is 0 Å². The van der Waals surface area contributed by atoms with Crippen molar-refractivity contribution in [1.82, 2.24) is 5.32 Å². The number of amides is 1. The molecule has 0 heterocycles. The molecule has 1 rings (SSSR count). The lowest BCUT2D eigenvalue weighted by molar-refractivity contribution is -0.121. The third kappa shape index (κ3) is 4.69. The van der Waals surface area contributed by atoms with E-state index in [0.29, 0.717) is 13.0 Å². The Labute approximate surface area is 117 Å². The topological polar surface area (TPSA) is 41.1 Å². The minimum Gasteiger partial charge on any atom is -0.383 e. The predicted molar refractivity (Wildman–Crippen MR) is 80.0 cm³/mol. The van der Waals surface area contributed by atoms with Crippen LogP contribution in [0.2, 0.25) is 0 Å². The molecule has 0 saturated heterocycles. The van der Waals surface area contributed by atoms with Crippen LogP contribution in [0.25, 0.3) is 0 Å². The first kappa shape index (κ1) is 15.0. The van der Waals surface area contributed by atoms with Crippen LogP contribution < -0.4 is 10.6 Å². The van der Waals surface area contributed by atoms with Crippen molar-refractivity contribution in [2.75, 3.05) is 11.9 Å². The van der Waals surface area contributed by atoms with Gasteiger partial charge in [0, 0.05) is 23.5 Å². The largest absolute Gasteiger partial charge is 0.383 e. The maximum absolute atomic E-state index is 11.5. The van der Waals surface area contributed by atoms with Crippen molar-refractivity contribution in [1.29, 1.82) is 0 Å². The molecule has 1 aromatic rings. The summed E-state index contributed by atoms with van der Waals surface area (Å²) in [4.78, 5) is 11.5. The fraction of sp³-hybridized carbons (Fsp3) is 0.500. The Hall–Kier alpha value is -1.03. The molecule has 0 unspecified atom stereocenters. The van der Waals surface area contributed by atoms with Gasteiger partial charge in [-0.2, -0.15) is 0 Å². The van der Waals surface area contributed by atoms with Crippen LogP contribution in [0.3, 0.4) is 0 Å². The van der Waals surface area contributed by atoms with Crippen LogP contribution in [0.15, 0.2) is 16.6 Å². The van der Waals surface area contributed by atoms with E-state index in [9.17, 15) is 4.79 Å². The van der Waals surface area contributed by atoms with Crippen molar-refractivity contribution in [3.8, 4) is 0 Å². The van der Waals surface area contributed by atoms with Gasteiger partial charge in [0.15, 0.2) is 0 Å². The van der Waals surface area contributed by atoms with E-state index in [1.807, 2.05) is 13.8 Å². The first-order valence-corrected chi connectivity index (χ1v) is 6.99. The number of nitrogens with one attached hydrogen (secondary N) is 2. The van der Waals surface area contributed by atoms with Gasteiger partial charge in [-0.25, -0.2) is 0 Å². The summed E-state index contributed by atoms with van der Waals surface area (Å²) in [5.41, 5.74) is 3.48. The van der Waals surface area contributed by atoms with Crippen molar-refractivity contribution >= 4 is 27.5 Å². The summed E-state index contributed by atoms with van der Waals surface area (Å²) in [5, 5.41) is 6.18. The van der Waals surface area contributed by atoms with Crippen LogP contribution in [-0.2, 0) is 4.79 Å². The summed E-state index contributed by atoms with van der Waals surface area (Å²) in [5.74, 6) is 0.0818. The molecule has 3 nitrogen and oxygen atoms in total. The van der Waals surface area contributed by atoms with Gasteiger partial charge in [-0.15, -0.1) is 0 Å². The molecule has 4 heteroatoms. The molecule has 1 amide bonds. The summed E-state index contributed by atoms with van der Waals surface area (Å²) in [6, 6.07) is 4.40. The highest BCUT2D eigenvalue weighted by Crippen LogP contribution is 2.27. The van der Waals surface area contributed by atoms with E-state index >= 15 is 0 Å². The van der Waals surface area contributed by atoms with Gasteiger partial charge in [-0.3, -0.25) is 4.79 Å². The zero-order valence-corrected chi connectivity index (χ0v) is 13.0. The van der Waals surface area contributed by atoms with Crippen LogP contribution in [0, 0.1) is 13.8 Å². The Balaban J connectivity index is 2.52. The first-order valence-electron chi connectivity index (χ1n) is 6.20. The molecule has 1 aromatic carbocycles. The van der Waals surface area contributed by atoms with Gasteiger partial charge in [0.25, 0.3) is 0 Å². The van der Waals surface area contributed by atoms with Crippen LogP contribution in [-0.4, -0.2) is 18.5 Å². The molecule has 0 aromatic heterocycles. The lowest BCUT2D eigenvalue weighted by Crippen LogP contribution is -2.31. The van der Waals surface area contributed by atoms with Crippen molar-refractivity contribution in [2.24, 2.45) is 0 Å². The van der Waals surface area contributed by atoms with Crippen molar-refractivity contribution in [3.63, 3.8) is 0 Å². The number of carbonyl (C=O) groups is 1. The van der Waals surface area contributed by atoms with Gasteiger partial charge in [0.1, 0.15) is 0 Å². The molecular weight excluding hydrogens is 292 g/mol. The molecular formula is C14H21BrN2O. The summed E-state index contributed by atoms with van der Waals surface area (Å²) in [6.07, 6.45) is 0.484. The number of carbonyl (C=O) groups excluding carboxylic acids is 1. The number of halogens is 1. The Morgan fingerprint density at radius 3 is 2.56 bits per heavy atom. The van der Waals surface area contributed by atoms with E-state index in [1.165, 1.54) is 11.1 Å². The highest BCUT2D eigenvalue weighted by atomic mass is 79.9. The van der Waals surface area contributed by atoms with Crippen molar-refractivity contribution < 1.29 is 4.79 Å². The van der Waals surface area contributed by atoms with Crippen LogP contribution >= 0.6 is 15.9 Å². The summed E-state index contributed by atoms with van der Waals surface area (Å²) in [7, 11) is 0. The van der Waals surface area contributed by atoms with Crippen molar-refractivity contribution in [3.05, 3.63) is 27.7 Å². The number of rotatable bonds is 5. The third-order valence-corrected chi connectivity index (χ3v) is 3.16. The minimum atomic E-state index is 0.0818. The molecule has 0 aliphatic rings. The molecule has 0 atom stereocenters. The average Bonchev–Trinajstić information content (AvgIpc) is 2.20. The highest BCUT2D eigenvalue weighted by molar-refractivity contribution is 9.10. The average molecular weight is 313 g/mol. The van der Waals surface area contributed by atoms with Gasteiger partial charge < -0.3 is 10.6 Å². The predicted octanol–water partition coefficient (Wildman–Crippen LogP) is 3.39. The van der Waals surface area contributed by atoms with E-state index in [4.69, 9.17) is 0 Å². The lowest BCUT2D eigenvalue weighted by atomic mass is 10.1. The molecule has 0 bridgehead atoms. The zero-order valence-electron chi connectivity index (χ0n) is 11.4. The second kappa shape index (κ2) is 6.78. The molecule has 0 fully saturated rings. The Morgan fingerprint density at radius 2 is 2.00 bits per heavy atom. The highest BCUT2D eigenvalue weighted by Gasteiger charge is 2.06. The van der Waals surface area contributed by atoms with Gasteiger partial charge in [0.05, 0.1) is 5.69 Å². The quantitative estimate of drug-likeness (QED) is 0.875. The van der Waals surface area contributed by atoms with Crippen LogP contribution in [0.1, 0.15) is 31.4 Å². The van der Waals surface area contributed by atoms with Crippen molar-refractivity contribution in [2.45, 2.75) is 40.2 Å². The second-order valence-corrected chi connectivity index (χ2v) is 5.69. The van der Waals surface area contributed by atoms with E-state index < -0.39 is 0 Å². The molecule has 0 spiro atoms. The first-order chi connectivity index (χ1) is 8.40. The summed E-state index contributed by atoms with van der Waals surface area (Å²) >= 11 is 3.54. The van der Waals surface area contributed by atoms with E-state index in [-0.39, 0.29) is 11.9 Å². The molecule has 100 valence electrons. The smallest absolute Gasteiger partial charge is 0.221 e. The summed E-state index contributed by atoms with van der Waals surface area (Å²) < 4.78 is 1.05. The Bertz CT molecular complexity index is 407. The monoisotopic (exact) mass is 312 g/mol. The fourth-order valence-electron chi connectivity index (χ4n) is 1.83. The third-order valence-electron chi connectivity index (χ3n) is 2.54. The van der Waals surface area contributed by atoms with Gasteiger partial charge in [-0.05, 0) is 60.8 Å². The second-order valence-electron chi connectivity index (χ2n) is 4.84. The minimum absolute atomic E-state index is 0.0818. The summed E-state index contributed by atoms with van der Waals surface area (Å²) in [6.45, 7) is 8.70. The van der Waals surface area contributed by atoms with Gasteiger partial charge >= 0.3 is 0 Å². The van der Waals surface area contributed by atoms with Gasteiger partial charge in [0.2, 0.25) is 5.91 Å². The Morgan fingerprint density at radius 1 is 1.33 bits per heavy atom. The SMILES string of the molecule is Cc1cc(C)c(NCCC(=O)NC(C)C)c(Br)c1. The molecule has 0 aliphatic heterocycles. The maximum atomic E-state index is 11.5. The maximum Gasteiger partial charge on any atom is 0.221 e. The van der Waals surface area contributed by atoms with E-state index in [1.54, 1.807) is 0 Å². The lowest BCUT2D eigenvalue weighted by Gasteiger charge is -2.13. The molecule has 0 radical (unpaired) electrons. The van der Waals surface area contributed by atoms with E-state index in [0.717, 1.165) is 10.2 Å². The standard InChI is InChI=1S/C14H21BrN2O/c1-9(2)17-13(18)5-6-16-14-11(4)7-10(3)8-12(14)15/h7-9,16H,5-6H2,1-4H3,(H,17,18). The number of hydrogen-bond donors (Lipinski definition) is 2. The van der Waals surface area contributed by atoms with Crippen LogP contribution in [0.4, 0.5) is 5.69 Å². The zero-order chi connectivity index (χ0) is 13.7. The number of hydrogen-bond acceptors (Lipinski definition) is 2. The molecule has 18 heavy (non-hydrogen) atoms. The molecule has 2 N–H and O–H groups in total. The molecule has 0 aliphatic carbocycles. The fourth-order valence-corrected chi connectivity index (χ4v) is 2.65. The Kier molecular flexibility index (Phi) is 5.66.